The van der Waals surface area contributed by atoms with Crippen LogP contribution in [0.2, 0.25) is 5.35 Å². The second-order valence-corrected chi connectivity index (χ2v) is 4.23. The van der Waals surface area contributed by atoms with E-state index in [0.717, 1.165) is 0 Å². The lowest BCUT2D eigenvalue weighted by Gasteiger charge is -2.02. The second-order valence-electron chi connectivity index (χ2n) is 3.91. The maximum Gasteiger partial charge on any atom is 0.293 e. The van der Waals surface area contributed by atoms with Crippen LogP contribution in [0.3, 0.4) is 0 Å². The third-order valence-corrected chi connectivity index (χ3v) is 2.79. The largest absolute Gasteiger partial charge is 0.467 e. The molecule has 0 unspecified atom stereocenters. The molecule has 3 aromatic rings. The van der Waals surface area contributed by atoms with Crippen molar-refractivity contribution in [1.29, 1.82) is 0 Å². The number of oxazole rings is 1. The molecule has 0 aliphatic rings. The van der Waals surface area contributed by atoms with Gasteiger partial charge < -0.3 is 14.2 Å². The molecule has 6 heteroatoms. The highest BCUT2D eigenvalue weighted by Gasteiger charge is 2.10. The first-order valence-electron chi connectivity index (χ1n) is 5.59. The van der Waals surface area contributed by atoms with Gasteiger partial charge in [0.1, 0.15) is 11.3 Å². The third kappa shape index (κ3) is 2.46. The Kier molecular flexibility index (Phi) is 2.97. The molecule has 1 amide bonds. The molecule has 0 saturated heterocycles. The average molecular weight is 277 g/mol. The maximum atomic E-state index is 11.9. The van der Waals surface area contributed by atoms with Crippen LogP contribution in [-0.4, -0.2) is 10.9 Å². The minimum atomic E-state index is -0.211. The van der Waals surface area contributed by atoms with E-state index < -0.39 is 0 Å². The number of amides is 1. The zero-order valence-corrected chi connectivity index (χ0v) is 10.5. The van der Waals surface area contributed by atoms with Gasteiger partial charge in [0, 0.05) is 5.56 Å². The van der Waals surface area contributed by atoms with Crippen molar-refractivity contribution in [3.8, 4) is 0 Å². The maximum absolute atomic E-state index is 11.9. The van der Waals surface area contributed by atoms with E-state index in [2.05, 4.69) is 10.3 Å². The molecule has 0 saturated carbocycles. The molecule has 0 aliphatic heterocycles. The number of benzene rings is 1. The smallest absolute Gasteiger partial charge is 0.293 e. The van der Waals surface area contributed by atoms with Crippen LogP contribution in [0, 0.1) is 0 Å². The van der Waals surface area contributed by atoms with Crippen LogP contribution in [0.1, 0.15) is 16.1 Å². The van der Waals surface area contributed by atoms with Gasteiger partial charge in [-0.1, -0.05) is 0 Å². The van der Waals surface area contributed by atoms with Gasteiger partial charge in [0.25, 0.3) is 11.3 Å². The first kappa shape index (κ1) is 11.8. The van der Waals surface area contributed by atoms with Gasteiger partial charge in [0.05, 0.1) is 12.8 Å². The number of hydrogen-bond acceptors (Lipinski definition) is 4. The molecular weight excluding hydrogens is 268 g/mol. The molecule has 0 fully saturated rings. The van der Waals surface area contributed by atoms with E-state index in [4.69, 9.17) is 20.4 Å². The number of rotatable bonds is 3. The van der Waals surface area contributed by atoms with E-state index in [1.165, 1.54) is 0 Å². The summed E-state index contributed by atoms with van der Waals surface area (Å²) in [5.74, 6) is 0.483. The number of nitrogens with one attached hydrogen (secondary N) is 1. The monoisotopic (exact) mass is 276 g/mol. The number of nitrogens with zero attached hydrogens (tertiary/aromatic N) is 1. The van der Waals surface area contributed by atoms with Crippen molar-refractivity contribution in [2.45, 2.75) is 6.54 Å². The van der Waals surface area contributed by atoms with Crippen LogP contribution in [-0.2, 0) is 6.54 Å². The lowest BCUT2D eigenvalue weighted by molar-refractivity contribution is 0.0948. The zero-order chi connectivity index (χ0) is 13.2. The number of hydrogen-bond donors (Lipinski definition) is 1. The molecule has 0 spiro atoms. The average Bonchev–Trinajstić information content (AvgIpc) is 3.02. The Balaban J connectivity index is 1.77. The summed E-state index contributed by atoms with van der Waals surface area (Å²) < 4.78 is 10.3. The van der Waals surface area contributed by atoms with Crippen LogP contribution in [0.5, 0.6) is 0 Å². The first-order valence-corrected chi connectivity index (χ1v) is 5.97. The molecule has 0 bridgehead atoms. The molecule has 3 rings (SSSR count). The molecule has 96 valence electrons. The van der Waals surface area contributed by atoms with Crippen molar-refractivity contribution in [2.75, 3.05) is 0 Å². The fourth-order valence-corrected chi connectivity index (χ4v) is 1.90. The second kappa shape index (κ2) is 4.78. The SMILES string of the molecule is O=C(NCc1ccco1)c1ccc2oc(Cl)nc2c1. The summed E-state index contributed by atoms with van der Waals surface area (Å²) in [5.41, 5.74) is 1.59. The summed E-state index contributed by atoms with van der Waals surface area (Å²) >= 11 is 5.65. The van der Waals surface area contributed by atoms with Crippen molar-refractivity contribution in [3.63, 3.8) is 0 Å². The molecule has 5 nitrogen and oxygen atoms in total. The molecule has 2 aromatic heterocycles. The Morgan fingerprint density at radius 3 is 3.05 bits per heavy atom. The lowest BCUT2D eigenvalue weighted by atomic mass is 10.2. The zero-order valence-electron chi connectivity index (χ0n) is 9.72. The van der Waals surface area contributed by atoms with E-state index in [1.54, 1.807) is 36.6 Å². The van der Waals surface area contributed by atoms with Crippen molar-refractivity contribution in [3.05, 3.63) is 53.3 Å². The fourth-order valence-electron chi connectivity index (χ4n) is 1.72. The van der Waals surface area contributed by atoms with Crippen molar-refractivity contribution >= 4 is 28.6 Å². The molecule has 1 N–H and O–H groups in total. The van der Waals surface area contributed by atoms with Crippen molar-refractivity contribution in [2.24, 2.45) is 0 Å². The van der Waals surface area contributed by atoms with Gasteiger partial charge in [-0.2, -0.15) is 4.98 Å². The number of fused-ring (bicyclic) bond motifs is 1. The number of halogens is 1. The first-order chi connectivity index (χ1) is 9.22. The minimum absolute atomic E-state index is 0.0585. The van der Waals surface area contributed by atoms with Crippen LogP contribution in [0.15, 0.2) is 45.4 Å². The Hall–Kier alpha value is -2.27. The van der Waals surface area contributed by atoms with Gasteiger partial charge in [-0.25, -0.2) is 0 Å². The summed E-state index contributed by atoms with van der Waals surface area (Å²) in [6, 6.07) is 8.51. The van der Waals surface area contributed by atoms with E-state index >= 15 is 0 Å². The highest BCUT2D eigenvalue weighted by Crippen LogP contribution is 2.19. The van der Waals surface area contributed by atoms with Crippen LogP contribution in [0.25, 0.3) is 11.1 Å². The Labute approximate surface area is 113 Å². The summed E-state index contributed by atoms with van der Waals surface area (Å²) in [7, 11) is 0. The van der Waals surface area contributed by atoms with Gasteiger partial charge in [-0.3, -0.25) is 4.79 Å². The number of carbonyl (C=O) groups is 1. The van der Waals surface area contributed by atoms with E-state index in [9.17, 15) is 4.79 Å². The third-order valence-electron chi connectivity index (χ3n) is 2.63. The van der Waals surface area contributed by atoms with Gasteiger partial charge in [0.2, 0.25) is 0 Å². The van der Waals surface area contributed by atoms with Crippen molar-refractivity contribution < 1.29 is 13.6 Å². The summed E-state index contributed by atoms with van der Waals surface area (Å²) in [5, 5.41) is 2.81. The van der Waals surface area contributed by atoms with Gasteiger partial charge >= 0.3 is 0 Å². The number of furan rings is 1. The molecule has 0 aliphatic carbocycles. The lowest BCUT2D eigenvalue weighted by Crippen LogP contribution is -2.22. The topological polar surface area (TPSA) is 68.3 Å². The molecular formula is C13H9ClN2O3. The normalized spacial score (nSPS) is 10.8. The van der Waals surface area contributed by atoms with E-state index in [1.807, 2.05) is 0 Å². The van der Waals surface area contributed by atoms with Crippen LogP contribution in [0.4, 0.5) is 0 Å². The Morgan fingerprint density at radius 1 is 1.37 bits per heavy atom. The minimum Gasteiger partial charge on any atom is -0.467 e. The predicted octanol–water partition coefficient (Wildman–Crippen LogP) is 3.00. The summed E-state index contributed by atoms with van der Waals surface area (Å²) in [6.07, 6.45) is 1.56. The van der Waals surface area contributed by atoms with E-state index in [0.29, 0.717) is 29.0 Å². The summed E-state index contributed by atoms with van der Waals surface area (Å²) in [6.45, 7) is 0.337. The van der Waals surface area contributed by atoms with Crippen LogP contribution < -0.4 is 5.32 Å². The highest BCUT2D eigenvalue weighted by atomic mass is 35.5. The predicted molar refractivity (Wildman–Crippen MR) is 68.9 cm³/mol. The van der Waals surface area contributed by atoms with Gasteiger partial charge in [-0.05, 0) is 41.9 Å². The van der Waals surface area contributed by atoms with Crippen molar-refractivity contribution in [1.82, 2.24) is 10.3 Å². The molecule has 0 atom stereocenters. The van der Waals surface area contributed by atoms with E-state index in [-0.39, 0.29) is 11.3 Å². The number of carbonyl (C=O) groups excluding carboxylic acids is 1. The van der Waals surface area contributed by atoms with Gasteiger partial charge in [-0.15, -0.1) is 0 Å². The summed E-state index contributed by atoms with van der Waals surface area (Å²) in [4.78, 5) is 15.9. The molecule has 19 heavy (non-hydrogen) atoms. The molecule has 2 heterocycles. The van der Waals surface area contributed by atoms with Crippen LogP contribution >= 0.6 is 11.6 Å². The molecule has 0 radical (unpaired) electrons. The number of aromatic nitrogens is 1. The highest BCUT2D eigenvalue weighted by molar-refractivity contribution is 6.28. The van der Waals surface area contributed by atoms with Gasteiger partial charge in [0.15, 0.2) is 5.58 Å². The quantitative estimate of drug-likeness (QED) is 0.798. The Bertz CT molecular complexity index is 719. The standard InChI is InChI=1S/C13H9ClN2O3/c14-13-16-10-6-8(3-4-11(10)19-13)12(17)15-7-9-2-1-5-18-9/h1-6H,7H2,(H,15,17). The Morgan fingerprint density at radius 2 is 2.26 bits per heavy atom. The molecule has 1 aromatic carbocycles. The fraction of sp³-hybridized carbons (Fsp3) is 0.0769.